The quantitative estimate of drug-likeness (QED) is 0.160. The number of carbonyl (C=O) groups is 1. The first kappa shape index (κ1) is 26.9. The zero-order chi connectivity index (χ0) is 20.5. The van der Waals surface area contributed by atoms with Gasteiger partial charge in [-0.1, -0.05) is 26.2 Å². The Hall–Kier alpha value is -0.100. The van der Waals surface area contributed by atoms with E-state index in [1.54, 1.807) is 6.92 Å². The molecule has 164 valence electrons. The van der Waals surface area contributed by atoms with Gasteiger partial charge in [-0.05, 0) is 0 Å². The van der Waals surface area contributed by atoms with Gasteiger partial charge in [0.05, 0.1) is 0 Å². The molecule has 0 aromatic heterocycles. The molecule has 0 saturated carbocycles. The van der Waals surface area contributed by atoms with Gasteiger partial charge in [0.1, 0.15) is 0 Å². The average Bonchev–Trinajstić information content (AvgIpc) is 2.67. The Kier molecular flexibility index (Phi) is 15.7. The van der Waals surface area contributed by atoms with Crippen molar-refractivity contribution in [3.8, 4) is 0 Å². The van der Waals surface area contributed by atoms with Gasteiger partial charge in [-0.25, -0.2) is 0 Å². The van der Waals surface area contributed by atoms with E-state index in [4.69, 9.17) is 4.52 Å². The number of hydrogen-bond acceptors (Lipinski definition) is 2. The second-order valence-corrected chi connectivity index (χ2v) is 15.0. The van der Waals surface area contributed by atoms with Crippen LogP contribution in [0.4, 0.5) is 0 Å². The predicted molar refractivity (Wildman–Crippen MR) is 125 cm³/mol. The molecule has 0 radical (unpaired) electrons. The van der Waals surface area contributed by atoms with Crippen LogP contribution in [0.25, 0.3) is 0 Å². The fraction of sp³-hybridized carbons (Fsp3) is 0.958. The first-order chi connectivity index (χ1) is 13.0. The molecule has 0 aliphatic rings. The van der Waals surface area contributed by atoms with E-state index in [2.05, 4.69) is 27.7 Å². The molecule has 0 fully saturated rings. The molecule has 27 heavy (non-hydrogen) atoms. The third-order valence-corrected chi connectivity index (χ3v) is 13.9. The Morgan fingerprint density at radius 1 is 0.593 bits per heavy atom. The van der Waals surface area contributed by atoms with E-state index >= 15 is 0 Å². The van der Waals surface area contributed by atoms with Crippen molar-refractivity contribution in [2.45, 2.75) is 125 Å². The van der Waals surface area contributed by atoms with E-state index in [0.717, 1.165) is 24.6 Å². The van der Waals surface area contributed by atoms with Crippen molar-refractivity contribution >= 4 is 12.8 Å². The van der Waals surface area contributed by atoms with Crippen LogP contribution in [0.5, 0.6) is 0 Å². The summed E-state index contributed by atoms with van der Waals surface area (Å²) >= 11 is 0. The van der Waals surface area contributed by atoms with Gasteiger partial charge in [-0.2, -0.15) is 0 Å². The van der Waals surface area contributed by atoms with Crippen molar-refractivity contribution < 1.29 is 9.32 Å². The maximum atomic E-state index is 11.7. The van der Waals surface area contributed by atoms with E-state index in [1.807, 2.05) is 0 Å². The van der Waals surface area contributed by atoms with Gasteiger partial charge in [0, 0.05) is 0 Å². The molecule has 2 nitrogen and oxygen atoms in total. The van der Waals surface area contributed by atoms with Gasteiger partial charge in [0.2, 0.25) is 0 Å². The Labute approximate surface area is 171 Å². The first-order valence-corrected chi connectivity index (χ1v) is 15.1. The second-order valence-electron chi connectivity index (χ2n) is 8.71. The molecule has 0 amide bonds. The molecule has 0 aliphatic carbocycles. The van der Waals surface area contributed by atoms with Crippen LogP contribution in [-0.4, -0.2) is 30.6 Å². The van der Waals surface area contributed by atoms with Gasteiger partial charge in [-0.3, -0.25) is 0 Å². The zero-order valence-electron chi connectivity index (χ0n) is 19.5. The SMILES string of the molecule is CCCCCCCCCCCCCCCCP(CC)(CC)(CC)OC(C)=O. The fourth-order valence-corrected chi connectivity index (χ4v) is 8.97. The monoisotopic (exact) mass is 402 g/mol. The molecule has 0 saturated heterocycles. The molecule has 0 aromatic carbocycles. The van der Waals surface area contributed by atoms with E-state index in [0.29, 0.717) is 0 Å². The van der Waals surface area contributed by atoms with Crippen LogP contribution in [0.2, 0.25) is 0 Å². The van der Waals surface area contributed by atoms with E-state index in [1.165, 1.54) is 89.9 Å². The van der Waals surface area contributed by atoms with Crippen molar-refractivity contribution in [1.29, 1.82) is 0 Å². The molecule has 0 bridgehead atoms. The van der Waals surface area contributed by atoms with Crippen LogP contribution in [0, 0.1) is 0 Å². The van der Waals surface area contributed by atoms with Gasteiger partial charge >= 0.3 is 145 Å². The number of rotatable bonds is 19. The molecule has 0 N–H and O–H groups in total. The Bertz CT molecular complexity index is 352. The van der Waals surface area contributed by atoms with Crippen LogP contribution in [0.3, 0.4) is 0 Å². The number of unbranched alkanes of at least 4 members (excludes halogenated alkanes) is 13. The number of carbonyl (C=O) groups excluding carboxylic acids is 1. The van der Waals surface area contributed by atoms with Crippen LogP contribution >= 0.6 is 6.83 Å². The van der Waals surface area contributed by atoms with Crippen molar-refractivity contribution in [3.63, 3.8) is 0 Å². The molecular weight excluding hydrogens is 351 g/mol. The van der Waals surface area contributed by atoms with Crippen molar-refractivity contribution in [3.05, 3.63) is 0 Å². The standard InChI is InChI=1S/C24H51O2P/c1-6-10-11-12-13-14-15-16-17-18-19-20-21-22-23-27(7-2,8-3,9-4)26-24(5)25/h6-23H2,1-5H3. The third-order valence-electron chi connectivity index (χ3n) is 6.86. The molecule has 0 heterocycles. The topological polar surface area (TPSA) is 26.3 Å². The van der Waals surface area contributed by atoms with Gasteiger partial charge in [-0.15, -0.1) is 0 Å². The van der Waals surface area contributed by atoms with Crippen LogP contribution in [0.15, 0.2) is 0 Å². The minimum atomic E-state index is -2.26. The molecule has 0 rings (SSSR count). The summed E-state index contributed by atoms with van der Waals surface area (Å²) < 4.78 is 6.08. The van der Waals surface area contributed by atoms with Crippen LogP contribution in [0.1, 0.15) is 125 Å². The fourth-order valence-electron chi connectivity index (χ4n) is 4.45. The summed E-state index contributed by atoms with van der Waals surface area (Å²) in [6.45, 7) is 8.31. The van der Waals surface area contributed by atoms with E-state index < -0.39 is 6.83 Å². The average molecular weight is 403 g/mol. The van der Waals surface area contributed by atoms with Gasteiger partial charge in [0.25, 0.3) is 0 Å². The first-order valence-electron chi connectivity index (χ1n) is 12.2. The Morgan fingerprint density at radius 3 is 1.22 bits per heavy atom. The molecule has 3 heteroatoms. The Morgan fingerprint density at radius 2 is 0.926 bits per heavy atom. The van der Waals surface area contributed by atoms with E-state index in [9.17, 15) is 4.79 Å². The summed E-state index contributed by atoms with van der Waals surface area (Å²) in [7, 11) is 0. The van der Waals surface area contributed by atoms with Crippen molar-refractivity contribution in [1.82, 2.24) is 0 Å². The van der Waals surface area contributed by atoms with E-state index in [-0.39, 0.29) is 5.97 Å². The molecular formula is C24H51O2P. The predicted octanol–water partition coefficient (Wildman–Crippen LogP) is 8.56. The minimum absolute atomic E-state index is 0.0661. The molecule has 0 atom stereocenters. The number of hydrogen-bond donors (Lipinski definition) is 0. The van der Waals surface area contributed by atoms with Gasteiger partial charge < -0.3 is 0 Å². The summed E-state index contributed by atoms with van der Waals surface area (Å²) in [6.07, 6.45) is 23.8. The summed E-state index contributed by atoms with van der Waals surface area (Å²) in [5.41, 5.74) is 0. The molecule has 0 unspecified atom stereocenters. The van der Waals surface area contributed by atoms with Crippen molar-refractivity contribution in [2.24, 2.45) is 0 Å². The maximum absolute atomic E-state index is 11.7. The third kappa shape index (κ3) is 11.5. The normalized spacial score (nSPS) is 13.3. The van der Waals surface area contributed by atoms with Gasteiger partial charge in [0.15, 0.2) is 0 Å². The summed E-state index contributed by atoms with van der Waals surface area (Å²) in [5.74, 6) is -0.0661. The summed E-state index contributed by atoms with van der Waals surface area (Å²) in [5, 5.41) is 0. The van der Waals surface area contributed by atoms with Crippen LogP contribution in [-0.2, 0) is 9.32 Å². The Balaban J connectivity index is 3.76. The molecule has 0 aliphatic heterocycles. The second kappa shape index (κ2) is 15.8. The zero-order valence-corrected chi connectivity index (χ0v) is 20.4. The van der Waals surface area contributed by atoms with Crippen LogP contribution < -0.4 is 0 Å². The summed E-state index contributed by atoms with van der Waals surface area (Å²) in [6, 6.07) is 0. The summed E-state index contributed by atoms with van der Waals surface area (Å²) in [4.78, 5) is 11.7. The molecule has 0 aromatic rings. The van der Waals surface area contributed by atoms with Crippen molar-refractivity contribution in [2.75, 3.05) is 24.6 Å². The molecule has 0 spiro atoms.